The van der Waals surface area contributed by atoms with Gasteiger partial charge in [0.05, 0.1) is 5.52 Å². The summed E-state index contributed by atoms with van der Waals surface area (Å²) in [6, 6.07) is 9.73. The third-order valence-electron chi connectivity index (χ3n) is 4.21. The van der Waals surface area contributed by atoms with Crippen LogP contribution >= 0.6 is 0 Å². The van der Waals surface area contributed by atoms with Crippen molar-refractivity contribution in [1.82, 2.24) is 4.57 Å². The van der Waals surface area contributed by atoms with Crippen LogP contribution in [0.1, 0.15) is 45.2 Å². The molecule has 1 atom stereocenters. The van der Waals surface area contributed by atoms with E-state index in [4.69, 9.17) is 0 Å². The number of benzene rings is 1. The minimum atomic E-state index is 0.135. The Balaban J connectivity index is 2.40. The number of nitrogens with zero attached hydrogens (tertiary/aromatic N) is 1. The first-order valence-electron chi connectivity index (χ1n) is 7.76. The molecule has 1 aromatic heterocycles. The van der Waals surface area contributed by atoms with E-state index in [1.165, 1.54) is 25.7 Å². The van der Waals surface area contributed by atoms with Crippen molar-refractivity contribution in [1.29, 1.82) is 0 Å². The summed E-state index contributed by atoms with van der Waals surface area (Å²) >= 11 is 0. The lowest BCUT2D eigenvalue weighted by Crippen LogP contribution is -2.17. The second kappa shape index (κ2) is 6.74. The van der Waals surface area contributed by atoms with Crippen molar-refractivity contribution in [2.45, 2.75) is 53.0 Å². The van der Waals surface area contributed by atoms with Crippen LogP contribution in [0.3, 0.4) is 0 Å². The van der Waals surface area contributed by atoms with Gasteiger partial charge in [-0.05, 0) is 31.4 Å². The van der Waals surface area contributed by atoms with E-state index in [9.17, 15) is 4.79 Å². The summed E-state index contributed by atoms with van der Waals surface area (Å²) in [4.78, 5) is 12.1. The van der Waals surface area contributed by atoms with E-state index in [1.54, 1.807) is 6.07 Å². The quantitative estimate of drug-likeness (QED) is 0.756. The van der Waals surface area contributed by atoms with Crippen LogP contribution < -0.4 is 5.43 Å². The molecule has 2 heteroatoms. The van der Waals surface area contributed by atoms with Gasteiger partial charge in [0.1, 0.15) is 0 Å². The highest BCUT2D eigenvalue weighted by molar-refractivity contribution is 5.79. The number of aromatic nitrogens is 1. The molecule has 0 saturated carbocycles. The van der Waals surface area contributed by atoms with Gasteiger partial charge in [-0.1, -0.05) is 45.2 Å². The fraction of sp³-hybridized carbons (Fsp3) is 0.500. The topological polar surface area (TPSA) is 22.0 Å². The van der Waals surface area contributed by atoms with Crippen LogP contribution in [0.15, 0.2) is 35.1 Å². The highest BCUT2D eigenvalue weighted by Crippen LogP contribution is 2.19. The number of para-hydroxylation sites is 1. The molecule has 1 heterocycles. The monoisotopic (exact) mass is 271 g/mol. The zero-order chi connectivity index (χ0) is 14.5. The molecule has 0 spiro atoms. The predicted octanol–water partition coefficient (Wildman–Crippen LogP) is 4.53. The molecule has 0 aliphatic carbocycles. The molecular formula is C18H25NO. The molecule has 0 saturated heterocycles. The second-order valence-corrected chi connectivity index (χ2v) is 5.69. The van der Waals surface area contributed by atoms with Gasteiger partial charge in [-0.15, -0.1) is 0 Å². The number of aryl methyl sites for hydroxylation is 1. The van der Waals surface area contributed by atoms with Crippen molar-refractivity contribution in [2.24, 2.45) is 5.92 Å². The number of pyridine rings is 1. The molecule has 0 bridgehead atoms. The van der Waals surface area contributed by atoms with Crippen LogP contribution in [0.2, 0.25) is 0 Å². The third kappa shape index (κ3) is 3.12. The van der Waals surface area contributed by atoms with Crippen LogP contribution in [-0.4, -0.2) is 4.57 Å². The first kappa shape index (κ1) is 14.8. The summed E-state index contributed by atoms with van der Waals surface area (Å²) in [7, 11) is 0. The van der Waals surface area contributed by atoms with E-state index in [0.717, 1.165) is 23.1 Å². The lowest BCUT2D eigenvalue weighted by molar-refractivity contribution is 0.392. The van der Waals surface area contributed by atoms with Crippen molar-refractivity contribution in [3.63, 3.8) is 0 Å². The Morgan fingerprint density at radius 1 is 1.20 bits per heavy atom. The summed E-state index contributed by atoms with van der Waals surface area (Å²) in [5.74, 6) is 0.694. The van der Waals surface area contributed by atoms with Crippen molar-refractivity contribution < 1.29 is 0 Å². The molecule has 0 radical (unpaired) electrons. The van der Waals surface area contributed by atoms with Gasteiger partial charge < -0.3 is 4.57 Å². The fourth-order valence-corrected chi connectivity index (χ4v) is 2.87. The number of hydrogen-bond donors (Lipinski definition) is 0. The maximum absolute atomic E-state index is 12.1. The van der Waals surface area contributed by atoms with Gasteiger partial charge in [0.25, 0.3) is 0 Å². The molecule has 2 rings (SSSR count). The fourth-order valence-electron chi connectivity index (χ4n) is 2.87. The number of rotatable bonds is 6. The Labute approximate surface area is 121 Å². The summed E-state index contributed by atoms with van der Waals surface area (Å²) in [6.45, 7) is 7.57. The molecule has 1 unspecified atom stereocenters. The summed E-state index contributed by atoms with van der Waals surface area (Å²) < 4.78 is 2.32. The summed E-state index contributed by atoms with van der Waals surface area (Å²) in [5, 5.41) is 0.837. The highest BCUT2D eigenvalue weighted by atomic mass is 16.1. The van der Waals surface area contributed by atoms with E-state index in [0.29, 0.717) is 5.92 Å². The Kier molecular flexibility index (Phi) is 4.99. The smallest absolute Gasteiger partial charge is 0.189 e. The molecule has 0 N–H and O–H groups in total. The maximum Gasteiger partial charge on any atom is 0.189 e. The van der Waals surface area contributed by atoms with Crippen molar-refractivity contribution in [3.05, 3.63) is 46.2 Å². The largest absolute Gasteiger partial charge is 0.344 e. The SMILES string of the molecule is CCCCC(CC)Cn1c(C)cc(=O)c2ccccc21. The predicted molar refractivity (Wildman–Crippen MR) is 86.3 cm³/mol. The van der Waals surface area contributed by atoms with E-state index >= 15 is 0 Å². The molecule has 2 aromatic rings. The Morgan fingerprint density at radius 3 is 2.65 bits per heavy atom. The van der Waals surface area contributed by atoms with E-state index < -0.39 is 0 Å². The van der Waals surface area contributed by atoms with Gasteiger partial charge in [0.15, 0.2) is 5.43 Å². The molecule has 2 nitrogen and oxygen atoms in total. The van der Waals surface area contributed by atoms with Crippen molar-refractivity contribution in [2.75, 3.05) is 0 Å². The summed E-state index contributed by atoms with van der Waals surface area (Å²) in [6.07, 6.45) is 5.00. The molecule has 0 aliphatic rings. The first-order chi connectivity index (χ1) is 9.67. The highest BCUT2D eigenvalue weighted by Gasteiger charge is 2.11. The third-order valence-corrected chi connectivity index (χ3v) is 4.21. The van der Waals surface area contributed by atoms with Gasteiger partial charge in [-0.3, -0.25) is 4.79 Å². The molecule has 0 aliphatic heterocycles. The standard InChI is InChI=1S/C18H25NO/c1-4-6-9-15(5-2)13-19-14(3)12-18(20)16-10-7-8-11-17(16)19/h7-8,10-12,15H,4-6,9,13H2,1-3H3. The molecule has 0 amide bonds. The molecular weight excluding hydrogens is 246 g/mol. The van der Waals surface area contributed by atoms with Gasteiger partial charge in [-0.2, -0.15) is 0 Å². The molecule has 1 aromatic carbocycles. The molecule has 108 valence electrons. The Hall–Kier alpha value is -1.57. The van der Waals surface area contributed by atoms with Gasteiger partial charge in [-0.25, -0.2) is 0 Å². The average molecular weight is 271 g/mol. The number of unbranched alkanes of at least 4 members (excludes halogenated alkanes) is 1. The molecule has 0 fully saturated rings. The van der Waals surface area contributed by atoms with E-state index in [-0.39, 0.29) is 5.43 Å². The van der Waals surface area contributed by atoms with Crippen LogP contribution in [0, 0.1) is 12.8 Å². The number of hydrogen-bond acceptors (Lipinski definition) is 1. The van der Waals surface area contributed by atoms with Crippen molar-refractivity contribution in [3.8, 4) is 0 Å². The Bertz CT molecular complexity index is 627. The van der Waals surface area contributed by atoms with Crippen LogP contribution in [0.25, 0.3) is 10.9 Å². The van der Waals surface area contributed by atoms with Crippen LogP contribution in [-0.2, 0) is 6.54 Å². The average Bonchev–Trinajstić information content (AvgIpc) is 2.46. The zero-order valence-electron chi connectivity index (χ0n) is 12.9. The normalized spacial score (nSPS) is 12.8. The lowest BCUT2D eigenvalue weighted by Gasteiger charge is -2.21. The van der Waals surface area contributed by atoms with Crippen molar-refractivity contribution >= 4 is 10.9 Å². The van der Waals surface area contributed by atoms with E-state index in [1.807, 2.05) is 25.1 Å². The number of fused-ring (bicyclic) bond motifs is 1. The van der Waals surface area contributed by atoms with Gasteiger partial charge in [0, 0.05) is 23.7 Å². The maximum atomic E-state index is 12.1. The first-order valence-corrected chi connectivity index (χ1v) is 7.76. The minimum absolute atomic E-state index is 0.135. The summed E-state index contributed by atoms with van der Waals surface area (Å²) in [5.41, 5.74) is 2.28. The van der Waals surface area contributed by atoms with Crippen LogP contribution in [0.4, 0.5) is 0 Å². The van der Waals surface area contributed by atoms with Gasteiger partial charge >= 0.3 is 0 Å². The Morgan fingerprint density at radius 2 is 1.95 bits per heavy atom. The lowest BCUT2D eigenvalue weighted by atomic mass is 9.98. The van der Waals surface area contributed by atoms with E-state index in [2.05, 4.69) is 24.5 Å². The van der Waals surface area contributed by atoms with Crippen LogP contribution in [0.5, 0.6) is 0 Å². The van der Waals surface area contributed by atoms with Gasteiger partial charge in [0.2, 0.25) is 0 Å². The molecule has 20 heavy (non-hydrogen) atoms. The minimum Gasteiger partial charge on any atom is -0.344 e. The zero-order valence-corrected chi connectivity index (χ0v) is 12.9. The second-order valence-electron chi connectivity index (χ2n) is 5.69.